The molecule has 2 N–H and O–H groups in total. The van der Waals surface area contributed by atoms with Crippen molar-refractivity contribution in [1.29, 1.82) is 0 Å². The number of hydrogen-bond donors (Lipinski definition) is 2. The molecule has 1 saturated heterocycles. The molecule has 0 spiro atoms. The Morgan fingerprint density at radius 1 is 1.39 bits per heavy atom. The topological polar surface area (TPSA) is 66.5 Å². The number of carbonyl (C=O) groups is 1. The van der Waals surface area contributed by atoms with E-state index in [9.17, 15) is 4.79 Å². The molecule has 0 aliphatic carbocycles. The van der Waals surface area contributed by atoms with Gasteiger partial charge in [0.05, 0.1) is 12.2 Å². The lowest BCUT2D eigenvalue weighted by Gasteiger charge is -2.36. The molecule has 1 fully saturated rings. The van der Waals surface area contributed by atoms with Crippen LogP contribution in [0, 0.1) is 0 Å². The van der Waals surface area contributed by atoms with Crippen LogP contribution in [-0.4, -0.2) is 42.4 Å². The van der Waals surface area contributed by atoms with E-state index >= 15 is 0 Å². The molecule has 1 aliphatic heterocycles. The lowest BCUT2D eigenvalue weighted by atomic mass is 10.2. The Kier molecular flexibility index (Phi) is 6.21. The van der Waals surface area contributed by atoms with Gasteiger partial charge in [0.1, 0.15) is 5.82 Å². The molecule has 1 aliphatic rings. The summed E-state index contributed by atoms with van der Waals surface area (Å²) in [6.07, 6.45) is 3.17. The number of nitrogens with zero attached hydrogens (tertiary/aromatic N) is 2. The van der Waals surface area contributed by atoms with Crippen molar-refractivity contribution in [3.63, 3.8) is 0 Å². The Morgan fingerprint density at radius 2 is 2.09 bits per heavy atom. The fraction of sp³-hybridized carbons (Fsp3) is 0.647. The quantitative estimate of drug-likeness (QED) is 0.873. The molecule has 2 rings (SSSR count). The molecule has 6 heteroatoms. The van der Waals surface area contributed by atoms with Crippen LogP contribution in [0.15, 0.2) is 18.3 Å². The highest BCUT2D eigenvalue weighted by Crippen LogP contribution is 2.18. The Labute approximate surface area is 138 Å². The number of pyridine rings is 1. The fourth-order valence-corrected chi connectivity index (χ4v) is 2.63. The minimum absolute atomic E-state index is 0.140. The normalized spacial score (nSPS) is 22.5. The number of urea groups is 1. The standard InChI is InChI=1S/C17H28N4O2/c1-5-12(2)20-17(22)19-9-15-6-7-16(18-8-15)21-10-13(3)23-14(4)11-21/h6-8,12-14H,5,9-11H2,1-4H3,(H2,19,20,22). The summed E-state index contributed by atoms with van der Waals surface area (Å²) in [7, 11) is 0. The van der Waals surface area contributed by atoms with Crippen molar-refractivity contribution in [3.05, 3.63) is 23.9 Å². The van der Waals surface area contributed by atoms with Crippen molar-refractivity contribution in [2.75, 3.05) is 18.0 Å². The number of morpholine rings is 1. The molecule has 2 amide bonds. The molecule has 1 aromatic heterocycles. The summed E-state index contributed by atoms with van der Waals surface area (Å²) in [5.74, 6) is 0.958. The summed E-state index contributed by atoms with van der Waals surface area (Å²) in [6, 6.07) is 4.06. The second-order valence-electron chi connectivity index (χ2n) is 6.32. The molecule has 128 valence electrons. The number of anilines is 1. The first-order valence-corrected chi connectivity index (χ1v) is 8.37. The van der Waals surface area contributed by atoms with Crippen LogP contribution in [0.3, 0.4) is 0 Å². The third kappa shape index (κ3) is 5.39. The number of rotatable bonds is 5. The van der Waals surface area contributed by atoms with Gasteiger partial charge >= 0.3 is 6.03 Å². The van der Waals surface area contributed by atoms with Gasteiger partial charge < -0.3 is 20.3 Å². The van der Waals surface area contributed by atoms with Crippen molar-refractivity contribution in [2.45, 2.75) is 58.9 Å². The van der Waals surface area contributed by atoms with Gasteiger partial charge in [-0.2, -0.15) is 0 Å². The number of ether oxygens (including phenoxy) is 1. The highest BCUT2D eigenvalue weighted by atomic mass is 16.5. The molecule has 0 aromatic carbocycles. The number of hydrogen-bond acceptors (Lipinski definition) is 4. The van der Waals surface area contributed by atoms with E-state index < -0.39 is 0 Å². The molecule has 1 aromatic rings. The first-order valence-electron chi connectivity index (χ1n) is 8.37. The summed E-state index contributed by atoms with van der Waals surface area (Å²) in [5, 5.41) is 5.73. The number of carbonyl (C=O) groups excluding carboxylic acids is 1. The predicted molar refractivity (Wildman–Crippen MR) is 91.6 cm³/mol. The van der Waals surface area contributed by atoms with Gasteiger partial charge in [-0.05, 0) is 38.8 Å². The fourth-order valence-electron chi connectivity index (χ4n) is 2.63. The van der Waals surface area contributed by atoms with E-state index in [0.717, 1.165) is 30.9 Å². The Balaban J connectivity index is 1.86. The third-order valence-electron chi connectivity index (χ3n) is 4.00. The average Bonchev–Trinajstić information content (AvgIpc) is 2.52. The SMILES string of the molecule is CCC(C)NC(=O)NCc1ccc(N2CC(C)OC(C)C2)nc1. The van der Waals surface area contributed by atoms with Crippen LogP contribution in [0.25, 0.3) is 0 Å². The minimum Gasteiger partial charge on any atom is -0.372 e. The first kappa shape index (κ1) is 17.5. The molecular formula is C17H28N4O2. The molecule has 2 heterocycles. The second-order valence-corrected chi connectivity index (χ2v) is 6.32. The second kappa shape index (κ2) is 8.15. The third-order valence-corrected chi connectivity index (χ3v) is 4.00. The zero-order valence-electron chi connectivity index (χ0n) is 14.5. The van der Waals surface area contributed by atoms with Crippen LogP contribution in [-0.2, 0) is 11.3 Å². The van der Waals surface area contributed by atoms with Crippen molar-refractivity contribution in [2.24, 2.45) is 0 Å². The summed E-state index contributed by atoms with van der Waals surface area (Å²) >= 11 is 0. The maximum atomic E-state index is 11.7. The van der Waals surface area contributed by atoms with Gasteiger partial charge in [-0.25, -0.2) is 9.78 Å². The van der Waals surface area contributed by atoms with Gasteiger partial charge in [0.25, 0.3) is 0 Å². The van der Waals surface area contributed by atoms with Crippen LogP contribution in [0.1, 0.15) is 39.7 Å². The van der Waals surface area contributed by atoms with E-state index in [2.05, 4.69) is 34.4 Å². The summed E-state index contributed by atoms with van der Waals surface area (Å²) in [4.78, 5) is 18.5. The molecule has 23 heavy (non-hydrogen) atoms. The minimum atomic E-state index is -0.140. The van der Waals surface area contributed by atoms with Crippen LogP contribution >= 0.6 is 0 Å². The lowest BCUT2D eigenvalue weighted by Crippen LogP contribution is -2.45. The van der Waals surface area contributed by atoms with Crippen LogP contribution < -0.4 is 15.5 Å². The summed E-state index contributed by atoms with van der Waals surface area (Å²) in [6.45, 7) is 10.4. The Bertz CT molecular complexity index is 496. The molecule has 3 atom stereocenters. The van der Waals surface area contributed by atoms with Gasteiger partial charge in [0.15, 0.2) is 0 Å². The smallest absolute Gasteiger partial charge is 0.315 e. The zero-order valence-corrected chi connectivity index (χ0v) is 14.5. The van der Waals surface area contributed by atoms with Gasteiger partial charge in [0.2, 0.25) is 0 Å². The van der Waals surface area contributed by atoms with Crippen LogP contribution in [0.4, 0.5) is 10.6 Å². The largest absolute Gasteiger partial charge is 0.372 e. The van der Waals surface area contributed by atoms with Crippen LogP contribution in [0.2, 0.25) is 0 Å². The molecule has 0 radical (unpaired) electrons. The van der Waals surface area contributed by atoms with E-state index in [-0.39, 0.29) is 24.3 Å². The molecule has 6 nitrogen and oxygen atoms in total. The Morgan fingerprint density at radius 3 is 2.65 bits per heavy atom. The van der Waals surface area contributed by atoms with E-state index in [1.54, 1.807) is 0 Å². The maximum absolute atomic E-state index is 11.7. The molecular weight excluding hydrogens is 292 g/mol. The van der Waals surface area contributed by atoms with E-state index in [1.807, 2.05) is 32.2 Å². The van der Waals surface area contributed by atoms with Crippen molar-refractivity contribution < 1.29 is 9.53 Å². The van der Waals surface area contributed by atoms with Crippen molar-refractivity contribution in [1.82, 2.24) is 15.6 Å². The Hall–Kier alpha value is -1.82. The monoisotopic (exact) mass is 320 g/mol. The highest BCUT2D eigenvalue weighted by Gasteiger charge is 2.22. The average molecular weight is 320 g/mol. The van der Waals surface area contributed by atoms with E-state index in [0.29, 0.717) is 6.54 Å². The van der Waals surface area contributed by atoms with Crippen LogP contribution in [0.5, 0.6) is 0 Å². The lowest BCUT2D eigenvalue weighted by molar-refractivity contribution is -0.00546. The first-order chi connectivity index (χ1) is 11.0. The van der Waals surface area contributed by atoms with Gasteiger partial charge in [-0.3, -0.25) is 0 Å². The molecule has 0 bridgehead atoms. The summed E-state index contributed by atoms with van der Waals surface area (Å²) in [5.41, 5.74) is 0.988. The van der Waals surface area contributed by atoms with Gasteiger partial charge in [-0.1, -0.05) is 13.0 Å². The zero-order chi connectivity index (χ0) is 16.8. The number of nitrogens with one attached hydrogen (secondary N) is 2. The van der Waals surface area contributed by atoms with E-state index in [4.69, 9.17) is 4.74 Å². The van der Waals surface area contributed by atoms with E-state index in [1.165, 1.54) is 0 Å². The van der Waals surface area contributed by atoms with Crippen molar-refractivity contribution in [3.8, 4) is 0 Å². The van der Waals surface area contributed by atoms with Crippen molar-refractivity contribution >= 4 is 11.8 Å². The van der Waals surface area contributed by atoms with Gasteiger partial charge in [0, 0.05) is 31.9 Å². The maximum Gasteiger partial charge on any atom is 0.315 e. The van der Waals surface area contributed by atoms with Gasteiger partial charge in [-0.15, -0.1) is 0 Å². The number of amides is 2. The number of aromatic nitrogens is 1. The predicted octanol–water partition coefficient (Wildman–Crippen LogP) is 2.29. The molecule has 3 unspecified atom stereocenters. The highest BCUT2D eigenvalue weighted by molar-refractivity contribution is 5.74. The summed E-state index contributed by atoms with van der Waals surface area (Å²) < 4.78 is 5.74. The molecule has 0 saturated carbocycles.